The number of halogens is 3. The highest BCUT2D eigenvalue weighted by molar-refractivity contribution is 7.98. The quantitative estimate of drug-likeness (QED) is 0.553. The van der Waals surface area contributed by atoms with E-state index in [1.807, 2.05) is 31.2 Å². The molecule has 0 spiro atoms. The molecule has 2 heterocycles. The summed E-state index contributed by atoms with van der Waals surface area (Å²) in [5.41, 5.74) is 0.608. The van der Waals surface area contributed by atoms with Gasteiger partial charge < -0.3 is 9.52 Å². The Hall–Kier alpha value is -2.62. The average molecular weight is 368 g/mol. The molecule has 0 saturated carbocycles. The van der Waals surface area contributed by atoms with Gasteiger partial charge in [-0.15, -0.1) is 10.2 Å². The number of nitrogens with zero attached hydrogens (tertiary/aromatic N) is 4. The predicted molar refractivity (Wildman–Crippen MR) is 82.7 cm³/mol. The number of hydrogen-bond donors (Lipinski definition) is 1. The van der Waals surface area contributed by atoms with Gasteiger partial charge in [0, 0.05) is 11.6 Å². The maximum absolute atomic E-state index is 12.7. The van der Waals surface area contributed by atoms with Crippen molar-refractivity contribution in [2.45, 2.75) is 24.0 Å². The molecule has 2 aromatic heterocycles. The minimum atomic E-state index is -4.67. The maximum atomic E-state index is 12.7. The van der Waals surface area contributed by atoms with Crippen molar-refractivity contribution >= 4 is 11.8 Å². The zero-order chi connectivity index (χ0) is 18.0. The summed E-state index contributed by atoms with van der Waals surface area (Å²) in [6.45, 7) is 1.95. The Balaban J connectivity index is 1.72. The van der Waals surface area contributed by atoms with E-state index < -0.39 is 17.8 Å². The maximum Gasteiger partial charge on any atom is 0.433 e. The molecule has 0 aliphatic heterocycles. The van der Waals surface area contributed by atoms with Crippen LogP contribution in [0.25, 0.3) is 11.5 Å². The molecular weight excluding hydrogens is 357 g/mol. The van der Waals surface area contributed by atoms with Gasteiger partial charge in [0.15, 0.2) is 10.9 Å². The number of aromatic nitrogens is 4. The first-order valence-electron chi connectivity index (χ1n) is 6.99. The van der Waals surface area contributed by atoms with Crippen LogP contribution in [0.15, 0.2) is 39.9 Å². The van der Waals surface area contributed by atoms with E-state index in [9.17, 15) is 18.3 Å². The van der Waals surface area contributed by atoms with E-state index in [-0.39, 0.29) is 16.8 Å². The fraction of sp³-hybridized carbons (Fsp3) is 0.200. The molecular formula is C15H11F3N4O2S. The lowest BCUT2D eigenvalue weighted by Gasteiger charge is -2.07. The standard InChI is InChI=1S/C15H11F3N4O2S/c1-8-2-4-9(5-3-8)13-22-21-12(24-13)7-25-14-19-10(15(16,17)18)6-11(23)20-14/h2-6H,7H2,1H3,(H,19,20,23). The SMILES string of the molecule is Cc1ccc(-c2nnc(CSc3nc(O)cc(C(F)(F)F)n3)o2)cc1. The molecule has 0 saturated heterocycles. The number of aromatic hydroxyl groups is 1. The Labute approximate surface area is 144 Å². The highest BCUT2D eigenvalue weighted by Gasteiger charge is 2.33. The molecule has 0 aliphatic rings. The minimum Gasteiger partial charge on any atom is -0.493 e. The Bertz CT molecular complexity index is 881. The Morgan fingerprint density at radius 1 is 1.12 bits per heavy atom. The topological polar surface area (TPSA) is 84.9 Å². The van der Waals surface area contributed by atoms with Crippen LogP contribution in [0, 0.1) is 6.92 Å². The van der Waals surface area contributed by atoms with Crippen LogP contribution in [0.1, 0.15) is 17.1 Å². The first-order valence-corrected chi connectivity index (χ1v) is 7.97. The summed E-state index contributed by atoms with van der Waals surface area (Å²) in [5, 5.41) is 16.8. The second kappa shape index (κ2) is 6.71. The van der Waals surface area contributed by atoms with Gasteiger partial charge in [0.2, 0.25) is 17.7 Å². The molecule has 0 unspecified atom stereocenters. The summed E-state index contributed by atoms with van der Waals surface area (Å²) in [7, 11) is 0. The summed E-state index contributed by atoms with van der Waals surface area (Å²) in [4.78, 5) is 6.93. The average Bonchev–Trinajstić information content (AvgIpc) is 3.01. The highest BCUT2D eigenvalue weighted by atomic mass is 32.2. The molecule has 3 rings (SSSR count). The summed E-state index contributed by atoms with van der Waals surface area (Å²) in [5.74, 6) is -0.167. The number of thioether (sulfide) groups is 1. The van der Waals surface area contributed by atoms with Crippen LogP contribution < -0.4 is 0 Å². The van der Waals surface area contributed by atoms with Crippen molar-refractivity contribution in [3.8, 4) is 17.3 Å². The van der Waals surface area contributed by atoms with Gasteiger partial charge in [-0.3, -0.25) is 0 Å². The van der Waals surface area contributed by atoms with Gasteiger partial charge in [-0.1, -0.05) is 29.5 Å². The van der Waals surface area contributed by atoms with E-state index >= 15 is 0 Å². The lowest BCUT2D eigenvalue weighted by atomic mass is 10.1. The molecule has 25 heavy (non-hydrogen) atoms. The van der Waals surface area contributed by atoms with Crippen molar-refractivity contribution in [1.29, 1.82) is 0 Å². The van der Waals surface area contributed by atoms with Gasteiger partial charge in [0.1, 0.15) is 0 Å². The molecule has 0 radical (unpaired) electrons. The molecule has 3 aromatic rings. The number of hydrogen-bond acceptors (Lipinski definition) is 7. The molecule has 0 aliphatic carbocycles. The lowest BCUT2D eigenvalue weighted by Crippen LogP contribution is -2.09. The number of rotatable bonds is 4. The van der Waals surface area contributed by atoms with Crippen molar-refractivity contribution in [1.82, 2.24) is 20.2 Å². The number of alkyl halides is 3. The molecule has 10 heteroatoms. The van der Waals surface area contributed by atoms with E-state index in [1.54, 1.807) is 0 Å². The molecule has 0 fully saturated rings. The molecule has 1 N–H and O–H groups in total. The Kier molecular flexibility index (Phi) is 4.62. The van der Waals surface area contributed by atoms with Crippen molar-refractivity contribution in [2.75, 3.05) is 0 Å². The summed E-state index contributed by atoms with van der Waals surface area (Å²) in [6.07, 6.45) is -4.67. The van der Waals surface area contributed by atoms with Gasteiger partial charge in [0.25, 0.3) is 0 Å². The predicted octanol–water partition coefficient (Wildman–Crippen LogP) is 3.85. The van der Waals surface area contributed by atoms with Crippen molar-refractivity contribution in [3.63, 3.8) is 0 Å². The molecule has 0 bridgehead atoms. The zero-order valence-corrected chi connectivity index (χ0v) is 13.6. The van der Waals surface area contributed by atoms with Gasteiger partial charge >= 0.3 is 6.18 Å². The monoisotopic (exact) mass is 368 g/mol. The van der Waals surface area contributed by atoms with Crippen molar-refractivity contribution < 1.29 is 22.7 Å². The highest BCUT2D eigenvalue weighted by Crippen LogP contribution is 2.31. The summed E-state index contributed by atoms with van der Waals surface area (Å²) < 4.78 is 43.5. The third-order valence-corrected chi connectivity index (χ3v) is 3.90. The normalized spacial score (nSPS) is 11.7. The zero-order valence-electron chi connectivity index (χ0n) is 12.8. The lowest BCUT2D eigenvalue weighted by molar-refractivity contribution is -0.141. The molecule has 6 nitrogen and oxygen atoms in total. The second-order valence-electron chi connectivity index (χ2n) is 5.05. The van der Waals surface area contributed by atoms with Crippen LogP contribution in [0.4, 0.5) is 13.2 Å². The van der Waals surface area contributed by atoms with E-state index in [4.69, 9.17) is 4.42 Å². The minimum absolute atomic E-state index is 0.0691. The molecule has 1 aromatic carbocycles. The fourth-order valence-corrected chi connectivity index (χ4v) is 2.56. The molecule has 0 amide bonds. The van der Waals surface area contributed by atoms with E-state index in [0.717, 1.165) is 22.9 Å². The number of benzene rings is 1. The molecule has 130 valence electrons. The van der Waals surface area contributed by atoms with Crippen LogP contribution in [0.5, 0.6) is 5.88 Å². The van der Waals surface area contributed by atoms with Crippen LogP contribution >= 0.6 is 11.8 Å². The van der Waals surface area contributed by atoms with Gasteiger partial charge in [0.05, 0.1) is 5.75 Å². The molecule has 0 atom stereocenters. The second-order valence-corrected chi connectivity index (χ2v) is 5.99. The number of aryl methyl sites for hydroxylation is 1. The van der Waals surface area contributed by atoms with Gasteiger partial charge in [-0.2, -0.15) is 18.2 Å². The third-order valence-electron chi connectivity index (χ3n) is 3.07. The summed E-state index contributed by atoms with van der Waals surface area (Å²) in [6, 6.07) is 7.91. The van der Waals surface area contributed by atoms with Crippen molar-refractivity contribution in [3.05, 3.63) is 47.5 Å². The first kappa shape index (κ1) is 17.2. The summed E-state index contributed by atoms with van der Waals surface area (Å²) >= 11 is 0.850. The third kappa shape index (κ3) is 4.27. The Morgan fingerprint density at radius 3 is 2.52 bits per heavy atom. The fourth-order valence-electron chi connectivity index (χ4n) is 1.87. The van der Waals surface area contributed by atoms with Gasteiger partial charge in [-0.25, -0.2) is 4.98 Å². The van der Waals surface area contributed by atoms with Crippen LogP contribution in [-0.4, -0.2) is 25.3 Å². The van der Waals surface area contributed by atoms with Crippen LogP contribution in [0.2, 0.25) is 0 Å². The smallest absolute Gasteiger partial charge is 0.433 e. The van der Waals surface area contributed by atoms with Crippen molar-refractivity contribution in [2.24, 2.45) is 0 Å². The van der Waals surface area contributed by atoms with E-state index in [1.165, 1.54) is 0 Å². The largest absolute Gasteiger partial charge is 0.493 e. The first-order chi connectivity index (χ1) is 11.8. The van der Waals surface area contributed by atoms with Crippen LogP contribution in [-0.2, 0) is 11.9 Å². The Morgan fingerprint density at radius 2 is 1.84 bits per heavy atom. The van der Waals surface area contributed by atoms with E-state index in [2.05, 4.69) is 20.2 Å². The van der Waals surface area contributed by atoms with Crippen LogP contribution in [0.3, 0.4) is 0 Å². The van der Waals surface area contributed by atoms with Gasteiger partial charge in [-0.05, 0) is 19.1 Å². The van der Waals surface area contributed by atoms with E-state index in [0.29, 0.717) is 12.0 Å².